The quantitative estimate of drug-likeness (QED) is 0.651. The van der Waals surface area contributed by atoms with Gasteiger partial charge in [-0.25, -0.2) is 5.43 Å². The van der Waals surface area contributed by atoms with Crippen molar-refractivity contribution in [3.8, 4) is 5.75 Å². The predicted molar refractivity (Wildman–Crippen MR) is 87.3 cm³/mol. The third-order valence-corrected chi connectivity index (χ3v) is 3.31. The molecule has 0 aliphatic carbocycles. The van der Waals surface area contributed by atoms with Crippen LogP contribution in [0.4, 0.5) is 0 Å². The molecule has 3 heteroatoms. The largest absolute Gasteiger partial charge is 0.491 e. The molecule has 21 heavy (non-hydrogen) atoms. The van der Waals surface area contributed by atoms with Gasteiger partial charge < -0.3 is 4.74 Å². The Morgan fingerprint density at radius 1 is 0.952 bits per heavy atom. The van der Waals surface area contributed by atoms with Crippen LogP contribution in [-0.2, 0) is 0 Å². The van der Waals surface area contributed by atoms with E-state index in [1.54, 1.807) is 0 Å². The predicted octanol–water partition coefficient (Wildman–Crippen LogP) is 3.64. The van der Waals surface area contributed by atoms with Crippen LogP contribution in [0.15, 0.2) is 42.5 Å². The molecule has 1 atom stereocenters. The van der Waals surface area contributed by atoms with E-state index in [4.69, 9.17) is 10.6 Å². The SMILES string of the molecule is Cc1cc(C)cc(C(NN)c2cccc(OC(C)C)c2)c1. The number of aryl methyl sites for hydroxylation is 2. The molecule has 1 unspecified atom stereocenters. The minimum Gasteiger partial charge on any atom is -0.491 e. The van der Waals surface area contributed by atoms with Gasteiger partial charge >= 0.3 is 0 Å². The number of hydrazine groups is 1. The molecule has 2 rings (SSSR count). The van der Waals surface area contributed by atoms with Gasteiger partial charge in [-0.3, -0.25) is 5.84 Å². The van der Waals surface area contributed by atoms with Gasteiger partial charge in [-0.1, -0.05) is 41.5 Å². The first-order valence-corrected chi connectivity index (χ1v) is 7.30. The van der Waals surface area contributed by atoms with Gasteiger partial charge in [0.1, 0.15) is 5.75 Å². The van der Waals surface area contributed by atoms with E-state index in [0.717, 1.165) is 16.9 Å². The molecule has 0 aliphatic heterocycles. The maximum absolute atomic E-state index is 5.80. The van der Waals surface area contributed by atoms with Crippen LogP contribution < -0.4 is 16.0 Å². The second-order valence-electron chi connectivity index (χ2n) is 5.76. The van der Waals surface area contributed by atoms with E-state index >= 15 is 0 Å². The molecule has 112 valence electrons. The number of nitrogens with one attached hydrogen (secondary N) is 1. The Balaban J connectivity index is 2.36. The van der Waals surface area contributed by atoms with E-state index in [-0.39, 0.29) is 12.1 Å². The standard InChI is InChI=1S/C18H24N2O/c1-12(2)21-17-7-5-6-15(11-17)18(20-19)16-9-13(3)8-14(4)10-16/h5-12,18,20H,19H2,1-4H3. The van der Waals surface area contributed by atoms with E-state index in [9.17, 15) is 0 Å². The summed E-state index contributed by atoms with van der Waals surface area (Å²) < 4.78 is 5.76. The average molecular weight is 284 g/mol. The summed E-state index contributed by atoms with van der Waals surface area (Å²) >= 11 is 0. The second kappa shape index (κ2) is 6.74. The molecule has 3 N–H and O–H groups in total. The first kappa shape index (κ1) is 15.5. The average Bonchev–Trinajstić information content (AvgIpc) is 2.38. The topological polar surface area (TPSA) is 47.3 Å². The van der Waals surface area contributed by atoms with Crippen molar-refractivity contribution >= 4 is 0 Å². The van der Waals surface area contributed by atoms with Crippen molar-refractivity contribution in [2.24, 2.45) is 5.84 Å². The maximum atomic E-state index is 5.80. The minimum absolute atomic E-state index is 0.0423. The lowest BCUT2D eigenvalue weighted by atomic mass is 9.96. The molecular weight excluding hydrogens is 260 g/mol. The molecule has 2 aromatic rings. The van der Waals surface area contributed by atoms with Crippen molar-refractivity contribution in [1.82, 2.24) is 5.43 Å². The van der Waals surface area contributed by atoms with Gasteiger partial charge in [-0.05, 0) is 51.0 Å². The van der Waals surface area contributed by atoms with Crippen LogP contribution >= 0.6 is 0 Å². The van der Waals surface area contributed by atoms with E-state index < -0.39 is 0 Å². The Morgan fingerprint density at radius 3 is 2.19 bits per heavy atom. The number of ether oxygens (including phenoxy) is 1. The Hall–Kier alpha value is -1.84. The zero-order valence-corrected chi connectivity index (χ0v) is 13.2. The van der Waals surface area contributed by atoms with Gasteiger partial charge in [0.25, 0.3) is 0 Å². The molecule has 0 radical (unpaired) electrons. The van der Waals surface area contributed by atoms with Crippen molar-refractivity contribution in [2.45, 2.75) is 39.8 Å². The van der Waals surface area contributed by atoms with Crippen molar-refractivity contribution in [1.29, 1.82) is 0 Å². The fraction of sp³-hybridized carbons (Fsp3) is 0.333. The monoisotopic (exact) mass is 284 g/mol. The number of hydrogen-bond acceptors (Lipinski definition) is 3. The highest BCUT2D eigenvalue weighted by atomic mass is 16.5. The van der Waals surface area contributed by atoms with Crippen molar-refractivity contribution < 1.29 is 4.74 Å². The van der Waals surface area contributed by atoms with Crippen molar-refractivity contribution in [3.63, 3.8) is 0 Å². The summed E-state index contributed by atoms with van der Waals surface area (Å²) in [5.41, 5.74) is 7.65. The zero-order valence-electron chi connectivity index (χ0n) is 13.2. The summed E-state index contributed by atoms with van der Waals surface area (Å²) in [4.78, 5) is 0. The van der Waals surface area contributed by atoms with Crippen molar-refractivity contribution in [3.05, 3.63) is 64.7 Å². The first-order valence-electron chi connectivity index (χ1n) is 7.30. The van der Waals surface area contributed by atoms with Crippen LogP contribution in [0.25, 0.3) is 0 Å². The number of benzene rings is 2. The van der Waals surface area contributed by atoms with Crippen molar-refractivity contribution in [2.75, 3.05) is 0 Å². The molecule has 3 nitrogen and oxygen atoms in total. The normalized spacial score (nSPS) is 12.5. The number of nitrogens with two attached hydrogens (primary N) is 1. The summed E-state index contributed by atoms with van der Waals surface area (Å²) in [6.07, 6.45) is 0.158. The van der Waals surface area contributed by atoms with Crippen LogP contribution in [0.3, 0.4) is 0 Å². The van der Waals surface area contributed by atoms with Gasteiger partial charge in [0.2, 0.25) is 0 Å². The van der Waals surface area contributed by atoms with E-state index in [0.29, 0.717) is 0 Å². The molecule has 0 aromatic heterocycles. The Labute approximate surface area is 127 Å². The summed E-state index contributed by atoms with van der Waals surface area (Å²) in [6.45, 7) is 8.25. The molecule has 0 bridgehead atoms. The molecule has 0 fully saturated rings. The van der Waals surface area contributed by atoms with Crippen LogP contribution in [0.2, 0.25) is 0 Å². The van der Waals surface area contributed by atoms with E-state index in [1.165, 1.54) is 11.1 Å². The van der Waals surface area contributed by atoms with Crippen LogP contribution in [-0.4, -0.2) is 6.10 Å². The maximum Gasteiger partial charge on any atom is 0.120 e. The molecule has 0 heterocycles. The summed E-state index contributed by atoms with van der Waals surface area (Å²) in [7, 11) is 0. The van der Waals surface area contributed by atoms with Gasteiger partial charge in [0.05, 0.1) is 12.1 Å². The van der Waals surface area contributed by atoms with Crippen LogP contribution in [0.1, 0.15) is 42.1 Å². The van der Waals surface area contributed by atoms with Gasteiger partial charge in [0, 0.05) is 0 Å². The number of hydrogen-bond donors (Lipinski definition) is 2. The van der Waals surface area contributed by atoms with Gasteiger partial charge in [-0.2, -0.15) is 0 Å². The Bertz CT molecular complexity index is 588. The third-order valence-electron chi connectivity index (χ3n) is 3.31. The van der Waals surface area contributed by atoms with E-state index in [1.807, 2.05) is 32.0 Å². The lowest BCUT2D eigenvalue weighted by molar-refractivity contribution is 0.242. The van der Waals surface area contributed by atoms with Crippen LogP contribution in [0, 0.1) is 13.8 Å². The lowest BCUT2D eigenvalue weighted by Crippen LogP contribution is -2.29. The summed E-state index contributed by atoms with van der Waals surface area (Å²) in [5.74, 6) is 6.67. The first-order chi connectivity index (χ1) is 9.99. The third kappa shape index (κ3) is 4.06. The zero-order chi connectivity index (χ0) is 15.4. The fourth-order valence-electron chi connectivity index (χ4n) is 2.60. The highest BCUT2D eigenvalue weighted by Gasteiger charge is 2.14. The fourth-order valence-corrected chi connectivity index (χ4v) is 2.60. The number of rotatable bonds is 5. The molecule has 0 aliphatic rings. The second-order valence-corrected chi connectivity index (χ2v) is 5.76. The van der Waals surface area contributed by atoms with Gasteiger partial charge in [0.15, 0.2) is 0 Å². The summed E-state index contributed by atoms with van der Waals surface area (Å²) in [6, 6.07) is 14.5. The molecule has 0 amide bonds. The summed E-state index contributed by atoms with van der Waals surface area (Å²) in [5, 5.41) is 0. The van der Waals surface area contributed by atoms with Gasteiger partial charge in [-0.15, -0.1) is 0 Å². The molecule has 2 aromatic carbocycles. The minimum atomic E-state index is -0.0423. The molecule has 0 spiro atoms. The Kier molecular flexibility index (Phi) is 4.99. The smallest absolute Gasteiger partial charge is 0.120 e. The molecular formula is C18H24N2O. The highest BCUT2D eigenvalue weighted by molar-refractivity contribution is 5.39. The molecule has 0 saturated carbocycles. The van der Waals surface area contributed by atoms with E-state index in [2.05, 4.69) is 43.5 Å². The Morgan fingerprint density at radius 2 is 1.62 bits per heavy atom. The van der Waals surface area contributed by atoms with Crippen LogP contribution in [0.5, 0.6) is 5.75 Å². The molecule has 0 saturated heterocycles. The highest BCUT2D eigenvalue weighted by Crippen LogP contribution is 2.26. The lowest BCUT2D eigenvalue weighted by Gasteiger charge is -2.19.